The zero-order chi connectivity index (χ0) is 9.40. The zero-order valence-corrected chi connectivity index (χ0v) is 8.09. The van der Waals surface area contributed by atoms with Gasteiger partial charge in [-0.15, -0.1) is 0 Å². The van der Waals surface area contributed by atoms with Gasteiger partial charge in [-0.2, -0.15) is 0 Å². The third kappa shape index (κ3) is 4.14. The van der Waals surface area contributed by atoms with Crippen molar-refractivity contribution < 1.29 is 0 Å². The van der Waals surface area contributed by atoms with Gasteiger partial charge in [0, 0.05) is 6.54 Å². The number of nitrogens with two attached hydrogens (primary N) is 1. The molecule has 2 N–H and O–H groups in total. The standard InChI is InChI=1S/C11H19N/c1-4-7-10(5-2)8-11(6-3)9-12/h4,6-8,10H,3,5,9,12H2,1-2H3/b7-4-,11-8?. The lowest BCUT2D eigenvalue weighted by Crippen LogP contribution is -2.02. The predicted molar refractivity (Wildman–Crippen MR) is 55.9 cm³/mol. The van der Waals surface area contributed by atoms with Crippen LogP contribution >= 0.6 is 0 Å². The van der Waals surface area contributed by atoms with Crippen LogP contribution in [0, 0.1) is 5.92 Å². The molecular formula is C11H19N. The molecule has 68 valence electrons. The molecule has 0 aromatic rings. The second-order valence-corrected chi connectivity index (χ2v) is 2.75. The molecule has 0 saturated heterocycles. The highest BCUT2D eigenvalue weighted by Gasteiger charge is 1.97. The van der Waals surface area contributed by atoms with Crippen molar-refractivity contribution in [2.24, 2.45) is 11.7 Å². The van der Waals surface area contributed by atoms with Crippen LogP contribution in [0.5, 0.6) is 0 Å². The molecule has 1 heteroatoms. The Morgan fingerprint density at radius 3 is 2.58 bits per heavy atom. The molecule has 1 atom stereocenters. The monoisotopic (exact) mass is 165 g/mol. The van der Waals surface area contributed by atoms with Crippen molar-refractivity contribution in [1.29, 1.82) is 0 Å². The second kappa shape index (κ2) is 6.86. The van der Waals surface area contributed by atoms with Crippen LogP contribution in [0.3, 0.4) is 0 Å². The van der Waals surface area contributed by atoms with E-state index in [1.165, 1.54) is 0 Å². The fourth-order valence-electron chi connectivity index (χ4n) is 1.05. The van der Waals surface area contributed by atoms with Crippen LogP contribution < -0.4 is 5.73 Å². The summed E-state index contributed by atoms with van der Waals surface area (Å²) < 4.78 is 0. The summed E-state index contributed by atoms with van der Waals surface area (Å²) in [4.78, 5) is 0. The topological polar surface area (TPSA) is 26.0 Å². The van der Waals surface area contributed by atoms with E-state index in [9.17, 15) is 0 Å². The molecule has 12 heavy (non-hydrogen) atoms. The lowest BCUT2D eigenvalue weighted by Gasteiger charge is -2.05. The minimum absolute atomic E-state index is 0.506. The molecule has 0 fully saturated rings. The fraction of sp³-hybridized carbons (Fsp3) is 0.455. The summed E-state index contributed by atoms with van der Waals surface area (Å²) in [5, 5.41) is 0. The summed E-state index contributed by atoms with van der Waals surface area (Å²) in [6.07, 6.45) is 9.36. The van der Waals surface area contributed by atoms with Gasteiger partial charge in [0.05, 0.1) is 0 Å². The maximum Gasteiger partial charge on any atom is 0.0174 e. The summed E-state index contributed by atoms with van der Waals surface area (Å²) in [6.45, 7) is 8.49. The first kappa shape index (κ1) is 11.2. The summed E-state index contributed by atoms with van der Waals surface area (Å²) >= 11 is 0. The van der Waals surface area contributed by atoms with Crippen LogP contribution in [0.1, 0.15) is 20.3 Å². The minimum atomic E-state index is 0.506. The van der Waals surface area contributed by atoms with Gasteiger partial charge in [-0.05, 0) is 24.8 Å². The summed E-state index contributed by atoms with van der Waals surface area (Å²) in [7, 11) is 0. The van der Waals surface area contributed by atoms with Crippen molar-refractivity contribution in [1.82, 2.24) is 0 Å². The third-order valence-corrected chi connectivity index (χ3v) is 1.84. The average molecular weight is 165 g/mol. The Balaban J connectivity index is 4.31. The summed E-state index contributed by atoms with van der Waals surface area (Å²) in [5.74, 6) is 0.506. The quantitative estimate of drug-likeness (QED) is 0.492. The Morgan fingerprint density at radius 1 is 1.58 bits per heavy atom. The van der Waals surface area contributed by atoms with E-state index in [4.69, 9.17) is 5.73 Å². The average Bonchev–Trinajstić information content (AvgIpc) is 2.12. The number of allylic oxidation sites excluding steroid dienone is 3. The molecule has 0 spiro atoms. The first-order chi connectivity index (χ1) is 5.78. The third-order valence-electron chi connectivity index (χ3n) is 1.84. The molecule has 0 radical (unpaired) electrons. The molecule has 0 aromatic heterocycles. The van der Waals surface area contributed by atoms with Crippen molar-refractivity contribution in [3.8, 4) is 0 Å². The van der Waals surface area contributed by atoms with E-state index in [1.54, 1.807) is 0 Å². The van der Waals surface area contributed by atoms with Gasteiger partial charge in [0.1, 0.15) is 0 Å². The van der Waals surface area contributed by atoms with Crippen LogP contribution in [0.4, 0.5) is 0 Å². The number of hydrogen-bond donors (Lipinski definition) is 1. The van der Waals surface area contributed by atoms with Gasteiger partial charge >= 0.3 is 0 Å². The highest BCUT2D eigenvalue weighted by Crippen LogP contribution is 2.09. The van der Waals surface area contributed by atoms with Crippen LogP contribution in [0.25, 0.3) is 0 Å². The van der Waals surface area contributed by atoms with Crippen LogP contribution in [0.2, 0.25) is 0 Å². The molecule has 0 aliphatic rings. The Kier molecular flexibility index (Phi) is 6.39. The Labute approximate surface area is 75.7 Å². The Morgan fingerprint density at radius 2 is 2.25 bits per heavy atom. The molecule has 0 bridgehead atoms. The van der Waals surface area contributed by atoms with E-state index in [0.717, 1.165) is 12.0 Å². The molecule has 1 unspecified atom stereocenters. The van der Waals surface area contributed by atoms with E-state index in [-0.39, 0.29) is 0 Å². The number of rotatable bonds is 5. The van der Waals surface area contributed by atoms with E-state index >= 15 is 0 Å². The molecule has 0 rings (SSSR count). The SMILES string of the molecule is C=CC(=CC(/C=C\C)CC)CN. The molecule has 1 nitrogen and oxygen atoms in total. The minimum Gasteiger partial charge on any atom is -0.327 e. The first-order valence-corrected chi connectivity index (χ1v) is 4.44. The van der Waals surface area contributed by atoms with Gasteiger partial charge < -0.3 is 5.73 Å². The Bertz CT molecular complexity index is 177. The summed E-state index contributed by atoms with van der Waals surface area (Å²) in [5.41, 5.74) is 6.64. The van der Waals surface area contributed by atoms with Gasteiger partial charge in [0.15, 0.2) is 0 Å². The van der Waals surface area contributed by atoms with Gasteiger partial charge in [0.2, 0.25) is 0 Å². The van der Waals surface area contributed by atoms with Crippen molar-refractivity contribution in [2.75, 3.05) is 6.54 Å². The Hall–Kier alpha value is -0.820. The smallest absolute Gasteiger partial charge is 0.0174 e. The van der Waals surface area contributed by atoms with Crippen LogP contribution in [-0.2, 0) is 0 Å². The van der Waals surface area contributed by atoms with Gasteiger partial charge in [-0.1, -0.05) is 37.8 Å². The van der Waals surface area contributed by atoms with E-state index in [0.29, 0.717) is 12.5 Å². The van der Waals surface area contributed by atoms with E-state index in [2.05, 4.69) is 31.7 Å². The second-order valence-electron chi connectivity index (χ2n) is 2.75. The zero-order valence-electron chi connectivity index (χ0n) is 8.09. The molecule has 0 saturated carbocycles. The fourth-order valence-corrected chi connectivity index (χ4v) is 1.05. The molecule has 0 heterocycles. The summed E-state index contributed by atoms with van der Waals surface area (Å²) in [6, 6.07) is 0. The first-order valence-electron chi connectivity index (χ1n) is 4.44. The van der Waals surface area contributed by atoms with Crippen molar-refractivity contribution in [3.05, 3.63) is 36.5 Å². The van der Waals surface area contributed by atoms with Crippen molar-refractivity contribution >= 4 is 0 Å². The molecule has 0 aromatic carbocycles. The maximum absolute atomic E-state index is 5.52. The molecule has 0 aliphatic carbocycles. The van der Waals surface area contributed by atoms with Crippen LogP contribution in [0.15, 0.2) is 36.5 Å². The number of hydrogen-bond acceptors (Lipinski definition) is 1. The van der Waals surface area contributed by atoms with E-state index < -0.39 is 0 Å². The van der Waals surface area contributed by atoms with Gasteiger partial charge in [-0.3, -0.25) is 0 Å². The molecule has 0 aliphatic heterocycles. The van der Waals surface area contributed by atoms with Crippen LogP contribution in [-0.4, -0.2) is 6.54 Å². The lowest BCUT2D eigenvalue weighted by atomic mass is 10.0. The lowest BCUT2D eigenvalue weighted by molar-refractivity contribution is 0.766. The normalized spacial score (nSPS) is 15.1. The largest absolute Gasteiger partial charge is 0.327 e. The predicted octanol–water partition coefficient (Wildman–Crippen LogP) is 2.66. The molecule has 0 amide bonds. The van der Waals surface area contributed by atoms with Gasteiger partial charge in [-0.25, -0.2) is 0 Å². The van der Waals surface area contributed by atoms with E-state index in [1.807, 2.05) is 13.0 Å². The van der Waals surface area contributed by atoms with Gasteiger partial charge in [0.25, 0.3) is 0 Å². The van der Waals surface area contributed by atoms with Crippen molar-refractivity contribution in [3.63, 3.8) is 0 Å². The maximum atomic E-state index is 5.52. The highest BCUT2D eigenvalue weighted by molar-refractivity contribution is 5.20. The highest BCUT2D eigenvalue weighted by atomic mass is 14.5. The molecular weight excluding hydrogens is 146 g/mol. The van der Waals surface area contributed by atoms with Crippen molar-refractivity contribution in [2.45, 2.75) is 20.3 Å².